The summed E-state index contributed by atoms with van der Waals surface area (Å²) in [7, 11) is 0. The summed E-state index contributed by atoms with van der Waals surface area (Å²) in [4.78, 5) is 21.6. The molecule has 37 heavy (non-hydrogen) atoms. The van der Waals surface area contributed by atoms with Gasteiger partial charge in [0.25, 0.3) is 0 Å². The molecule has 0 radical (unpaired) electrons. The number of nitrogens with one attached hydrogen (secondary N) is 1. The van der Waals surface area contributed by atoms with Crippen LogP contribution in [0, 0.1) is 11.3 Å². The summed E-state index contributed by atoms with van der Waals surface area (Å²) in [6.07, 6.45) is -0.395. The number of carbonyl (C=O) groups excluding carboxylic acids is 1. The minimum absolute atomic E-state index is 0.0672. The highest BCUT2D eigenvalue weighted by Gasteiger charge is 2.39. The number of carbonyl (C=O) groups is 1. The Labute approximate surface area is 218 Å². The Morgan fingerprint density at radius 1 is 1.03 bits per heavy atom. The van der Waals surface area contributed by atoms with E-state index in [0.717, 1.165) is 56.2 Å². The predicted octanol–water partition coefficient (Wildman–Crippen LogP) is 5.18. The van der Waals surface area contributed by atoms with E-state index >= 15 is 0 Å². The number of benzene rings is 1. The molecule has 2 aliphatic rings. The molecule has 0 aliphatic carbocycles. The number of rotatable bonds is 6. The van der Waals surface area contributed by atoms with Crippen LogP contribution in [0.2, 0.25) is 0 Å². The van der Waals surface area contributed by atoms with E-state index < -0.39 is 11.9 Å². The number of hydrogen-bond acceptors (Lipinski definition) is 4. The molecule has 202 valence electrons. The molecule has 8 heteroatoms. The van der Waals surface area contributed by atoms with Crippen LogP contribution in [0.15, 0.2) is 48.7 Å². The Hall–Kier alpha value is -2.45. The van der Waals surface area contributed by atoms with Gasteiger partial charge in [-0.25, -0.2) is 0 Å². The molecule has 4 rings (SSSR count). The smallest absolute Gasteiger partial charge is 0.337 e. The summed E-state index contributed by atoms with van der Waals surface area (Å²) in [5, 5.41) is 3.37. The molecule has 1 amide bonds. The molecule has 2 aromatic rings. The van der Waals surface area contributed by atoms with Crippen molar-refractivity contribution in [3.63, 3.8) is 0 Å². The lowest BCUT2D eigenvalue weighted by molar-refractivity contribution is -0.141. The van der Waals surface area contributed by atoms with E-state index in [1.165, 1.54) is 6.20 Å². The zero-order valence-corrected chi connectivity index (χ0v) is 22.1. The summed E-state index contributed by atoms with van der Waals surface area (Å²) < 4.78 is 39.3. The van der Waals surface area contributed by atoms with Crippen LogP contribution in [0.5, 0.6) is 0 Å². The van der Waals surface area contributed by atoms with Gasteiger partial charge in [-0.2, -0.15) is 13.2 Å². The van der Waals surface area contributed by atoms with Crippen LogP contribution in [0.3, 0.4) is 0 Å². The standard InChI is InChI=1S/C29H39F3N4O/c1-28(2,3)26-20-35(15-16-36(26)27(37)17-21-11-13-33-14-12-21)19-24(22-7-5-4-6-8-22)23-9-10-25(34-18-23)29(30,31)32/h4-10,18,21,24,26,33H,11-17,19-20H2,1-3H3/t24?,26-/m1/s1. The molecule has 0 spiro atoms. The van der Waals surface area contributed by atoms with Gasteiger partial charge in [0.05, 0.1) is 0 Å². The number of alkyl halides is 3. The second-order valence-electron chi connectivity index (χ2n) is 11.6. The first kappa shape index (κ1) is 27.6. The molecule has 2 fully saturated rings. The minimum Gasteiger partial charge on any atom is -0.337 e. The molecule has 2 aliphatic heterocycles. The van der Waals surface area contributed by atoms with Crippen molar-refractivity contribution in [2.75, 3.05) is 39.3 Å². The fourth-order valence-electron chi connectivity index (χ4n) is 5.62. The second-order valence-corrected chi connectivity index (χ2v) is 11.6. The Kier molecular flexibility index (Phi) is 8.59. The van der Waals surface area contributed by atoms with Crippen LogP contribution in [0.4, 0.5) is 13.2 Å². The van der Waals surface area contributed by atoms with E-state index in [9.17, 15) is 18.0 Å². The summed E-state index contributed by atoms with van der Waals surface area (Å²) in [5.41, 5.74) is 0.828. The minimum atomic E-state index is -4.46. The zero-order chi connectivity index (χ0) is 26.6. The average Bonchev–Trinajstić information content (AvgIpc) is 2.87. The molecule has 2 saturated heterocycles. The molecule has 3 heterocycles. The molecular formula is C29H39F3N4O. The summed E-state index contributed by atoms with van der Waals surface area (Å²) in [6, 6.07) is 12.6. The Bertz CT molecular complexity index is 1010. The van der Waals surface area contributed by atoms with Crippen molar-refractivity contribution in [1.29, 1.82) is 0 Å². The first-order chi connectivity index (χ1) is 17.5. The molecule has 0 saturated carbocycles. The van der Waals surface area contributed by atoms with E-state index in [1.807, 2.05) is 30.3 Å². The number of halogens is 3. The van der Waals surface area contributed by atoms with Crippen molar-refractivity contribution < 1.29 is 18.0 Å². The number of pyridine rings is 1. The third-order valence-corrected chi connectivity index (χ3v) is 7.83. The van der Waals surface area contributed by atoms with Crippen molar-refractivity contribution >= 4 is 5.91 Å². The maximum Gasteiger partial charge on any atom is 0.433 e. The van der Waals surface area contributed by atoms with Gasteiger partial charge in [0.15, 0.2) is 0 Å². The predicted molar refractivity (Wildman–Crippen MR) is 139 cm³/mol. The third kappa shape index (κ3) is 7.11. The number of nitrogens with zero attached hydrogens (tertiary/aromatic N) is 3. The van der Waals surface area contributed by atoms with Crippen molar-refractivity contribution in [2.45, 2.75) is 58.2 Å². The van der Waals surface area contributed by atoms with Gasteiger partial charge < -0.3 is 10.2 Å². The van der Waals surface area contributed by atoms with Crippen molar-refractivity contribution in [2.24, 2.45) is 11.3 Å². The largest absolute Gasteiger partial charge is 0.433 e. The van der Waals surface area contributed by atoms with Gasteiger partial charge in [0.1, 0.15) is 5.69 Å². The van der Waals surface area contributed by atoms with Crippen LogP contribution < -0.4 is 5.32 Å². The molecule has 1 N–H and O–H groups in total. The van der Waals surface area contributed by atoms with E-state index in [-0.39, 0.29) is 23.3 Å². The number of aromatic nitrogens is 1. The topological polar surface area (TPSA) is 48.5 Å². The molecule has 1 aromatic carbocycles. The summed E-state index contributed by atoms with van der Waals surface area (Å²) in [6.45, 7) is 11.3. The Morgan fingerprint density at radius 3 is 2.32 bits per heavy atom. The fraction of sp³-hybridized carbons (Fsp3) is 0.586. The van der Waals surface area contributed by atoms with Gasteiger partial charge >= 0.3 is 6.18 Å². The van der Waals surface area contributed by atoms with E-state index in [0.29, 0.717) is 25.4 Å². The van der Waals surface area contributed by atoms with Crippen LogP contribution >= 0.6 is 0 Å². The first-order valence-corrected chi connectivity index (χ1v) is 13.3. The third-order valence-electron chi connectivity index (χ3n) is 7.83. The van der Waals surface area contributed by atoms with Gasteiger partial charge in [-0.05, 0) is 54.5 Å². The lowest BCUT2D eigenvalue weighted by atomic mass is 9.82. The van der Waals surface area contributed by atoms with Crippen molar-refractivity contribution in [3.8, 4) is 0 Å². The van der Waals surface area contributed by atoms with Gasteiger partial charge in [0, 0.05) is 50.8 Å². The fourth-order valence-corrected chi connectivity index (χ4v) is 5.62. The highest BCUT2D eigenvalue weighted by atomic mass is 19.4. The zero-order valence-electron chi connectivity index (χ0n) is 22.1. The number of piperazine rings is 1. The Morgan fingerprint density at radius 2 is 1.73 bits per heavy atom. The maximum absolute atomic E-state index is 13.4. The lowest BCUT2D eigenvalue weighted by Crippen LogP contribution is -2.60. The maximum atomic E-state index is 13.4. The lowest BCUT2D eigenvalue weighted by Gasteiger charge is -2.48. The molecule has 0 bridgehead atoms. The normalized spacial score (nSPS) is 21.1. The van der Waals surface area contributed by atoms with Gasteiger partial charge in [-0.3, -0.25) is 14.7 Å². The first-order valence-electron chi connectivity index (χ1n) is 13.3. The van der Waals surface area contributed by atoms with E-state index in [1.54, 1.807) is 6.07 Å². The number of hydrogen-bond donors (Lipinski definition) is 1. The van der Waals surface area contributed by atoms with E-state index in [4.69, 9.17) is 0 Å². The second kappa shape index (κ2) is 11.5. The Balaban J connectivity index is 1.51. The highest BCUT2D eigenvalue weighted by molar-refractivity contribution is 5.77. The van der Waals surface area contributed by atoms with Crippen LogP contribution in [-0.4, -0.2) is 66.0 Å². The molecule has 2 atom stereocenters. The van der Waals surface area contributed by atoms with Gasteiger partial charge in [0.2, 0.25) is 5.91 Å². The highest BCUT2D eigenvalue weighted by Crippen LogP contribution is 2.33. The van der Waals surface area contributed by atoms with Crippen LogP contribution in [-0.2, 0) is 11.0 Å². The molecule has 5 nitrogen and oxygen atoms in total. The van der Waals surface area contributed by atoms with Crippen molar-refractivity contribution in [1.82, 2.24) is 20.1 Å². The monoisotopic (exact) mass is 516 g/mol. The average molecular weight is 517 g/mol. The quantitative estimate of drug-likeness (QED) is 0.575. The summed E-state index contributed by atoms with van der Waals surface area (Å²) in [5.74, 6) is 0.577. The molecular weight excluding hydrogens is 477 g/mol. The SMILES string of the molecule is CC(C)(C)[C@H]1CN(CC(c2ccccc2)c2ccc(C(F)(F)F)nc2)CCN1C(=O)CC1CCNCC1. The summed E-state index contributed by atoms with van der Waals surface area (Å²) >= 11 is 0. The van der Waals surface area contributed by atoms with E-state index in [2.05, 4.69) is 40.9 Å². The molecule has 1 aromatic heterocycles. The number of amides is 1. The van der Waals surface area contributed by atoms with Crippen LogP contribution in [0.25, 0.3) is 0 Å². The number of piperidine rings is 1. The van der Waals surface area contributed by atoms with Crippen LogP contribution in [0.1, 0.15) is 62.8 Å². The molecule has 1 unspecified atom stereocenters. The van der Waals surface area contributed by atoms with Gasteiger partial charge in [-0.15, -0.1) is 0 Å². The van der Waals surface area contributed by atoms with Gasteiger partial charge in [-0.1, -0.05) is 57.2 Å². The van der Waals surface area contributed by atoms with Crippen molar-refractivity contribution in [3.05, 3.63) is 65.5 Å².